The Kier molecular flexibility index (Phi) is 5.72. The van der Waals surface area contributed by atoms with Gasteiger partial charge in [-0.15, -0.1) is 0 Å². The van der Waals surface area contributed by atoms with E-state index in [0.717, 1.165) is 10.8 Å². The van der Waals surface area contributed by atoms with Crippen LogP contribution in [-0.2, 0) is 11.3 Å². The highest BCUT2D eigenvalue weighted by Crippen LogP contribution is 2.15. The van der Waals surface area contributed by atoms with E-state index in [0.29, 0.717) is 18.0 Å². The molecule has 2 amide bonds. The van der Waals surface area contributed by atoms with Gasteiger partial charge in [0, 0.05) is 24.8 Å². The molecular formula is C16H18N4O5. The standard InChI is InChI=1S/C16H18N4O5/c1-2-25-11-5-3-10(4-6-11)18-13(21)7-8-20-9-12(14(17)22)15(23)19-16(20)24/h3-6,9H,2,7-8H2,1H3,(H2,17,22)(H,18,21)(H,19,23,24). The highest BCUT2D eigenvalue weighted by atomic mass is 16.5. The minimum absolute atomic E-state index is 0.0151. The molecule has 4 N–H and O–H groups in total. The van der Waals surface area contributed by atoms with Gasteiger partial charge in [-0.05, 0) is 31.2 Å². The maximum atomic E-state index is 12.0. The fourth-order valence-corrected chi connectivity index (χ4v) is 2.10. The second kappa shape index (κ2) is 7.95. The van der Waals surface area contributed by atoms with Crippen LogP contribution in [0.4, 0.5) is 5.69 Å². The lowest BCUT2D eigenvalue weighted by Crippen LogP contribution is -2.35. The number of carbonyl (C=O) groups excluding carboxylic acids is 2. The van der Waals surface area contributed by atoms with Crippen LogP contribution in [0.5, 0.6) is 5.75 Å². The van der Waals surface area contributed by atoms with Crippen LogP contribution < -0.4 is 27.0 Å². The number of nitrogens with two attached hydrogens (primary N) is 1. The summed E-state index contributed by atoms with van der Waals surface area (Å²) >= 11 is 0. The number of nitrogens with one attached hydrogen (secondary N) is 2. The first kappa shape index (κ1) is 18.0. The first-order valence-electron chi connectivity index (χ1n) is 7.57. The molecule has 2 aromatic rings. The number of ether oxygens (including phenoxy) is 1. The molecule has 1 aromatic heterocycles. The largest absolute Gasteiger partial charge is 0.494 e. The third-order valence-corrected chi connectivity index (χ3v) is 3.31. The van der Waals surface area contributed by atoms with E-state index in [1.807, 2.05) is 11.9 Å². The number of hydrogen-bond donors (Lipinski definition) is 3. The summed E-state index contributed by atoms with van der Waals surface area (Å²) in [5.74, 6) is -0.587. The number of aromatic nitrogens is 2. The Morgan fingerprint density at radius 3 is 2.52 bits per heavy atom. The zero-order valence-electron chi connectivity index (χ0n) is 13.6. The summed E-state index contributed by atoms with van der Waals surface area (Å²) < 4.78 is 6.36. The van der Waals surface area contributed by atoms with Crippen LogP contribution in [0.25, 0.3) is 0 Å². The van der Waals surface area contributed by atoms with Crippen LogP contribution in [0.3, 0.4) is 0 Å². The predicted octanol–water partition coefficient (Wildman–Crippen LogP) is 0.0630. The van der Waals surface area contributed by atoms with Gasteiger partial charge in [0.15, 0.2) is 0 Å². The summed E-state index contributed by atoms with van der Waals surface area (Å²) in [4.78, 5) is 48.2. The van der Waals surface area contributed by atoms with Crippen LogP contribution in [0.2, 0.25) is 0 Å². The summed E-state index contributed by atoms with van der Waals surface area (Å²) in [5.41, 5.74) is 3.73. The molecule has 1 heterocycles. The molecule has 0 aliphatic heterocycles. The molecule has 25 heavy (non-hydrogen) atoms. The topological polar surface area (TPSA) is 136 Å². The lowest BCUT2D eigenvalue weighted by atomic mass is 10.3. The Hall–Kier alpha value is -3.36. The Morgan fingerprint density at radius 2 is 1.92 bits per heavy atom. The predicted molar refractivity (Wildman–Crippen MR) is 90.7 cm³/mol. The SMILES string of the molecule is CCOc1ccc(NC(=O)CCn2cc(C(N)=O)c(=O)[nH]c2=O)cc1. The number of rotatable bonds is 7. The van der Waals surface area contributed by atoms with Gasteiger partial charge in [-0.1, -0.05) is 0 Å². The van der Waals surface area contributed by atoms with Crippen molar-refractivity contribution in [3.8, 4) is 5.75 Å². The lowest BCUT2D eigenvalue weighted by molar-refractivity contribution is -0.116. The van der Waals surface area contributed by atoms with Crippen molar-refractivity contribution < 1.29 is 14.3 Å². The minimum Gasteiger partial charge on any atom is -0.494 e. The van der Waals surface area contributed by atoms with E-state index in [4.69, 9.17) is 10.5 Å². The van der Waals surface area contributed by atoms with Crippen molar-refractivity contribution >= 4 is 17.5 Å². The number of amides is 2. The van der Waals surface area contributed by atoms with Crippen molar-refractivity contribution in [3.63, 3.8) is 0 Å². The molecular weight excluding hydrogens is 328 g/mol. The van der Waals surface area contributed by atoms with Gasteiger partial charge in [0.2, 0.25) is 5.91 Å². The van der Waals surface area contributed by atoms with E-state index >= 15 is 0 Å². The van der Waals surface area contributed by atoms with Crippen LogP contribution in [0.15, 0.2) is 40.1 Å². The normalized spacial score (nSPS) is 10.3. The highest BCUT2D eigenvalue weighted by Gasteiger charge is 2.11. The first-order chi connectivity index (χ1) is 11.9. The van der Waals surface area contributed by atoms with E-state index in [2.05, 4.69) is 5.32 Å². The van der Waals surface area contributed by atoms with Gasteiger partial charge in [0.25, 0.3) is 11.5 Å². The molecule has 132 valence electrons. The number of hydrogen-bond acceptors (Lipinski definition) is 5. The second-order valence-electron chi connectivity index (χ2n) is 5.12. The molecule has 0 radical (unpaired) electrons. The highest BCUT2D eigenvalue weighted by molar-refractivity contribution is 5.92. The number of aryl methyl sites for hydroxylation is 1. The van der Waals surface area contributed by atoms with Crippen molar-refractivity contribution in [1.29, 1.82) is 0 Å². The van der Waals surface area contributed by atoms with Gasteiger partial charge in [-0.2, -0.15) is 0 Å². The quantitative estimate of drug-likeness (QED) is 0.651. The zero-order valence-corrected chi connectivity index (χ0v) is 13.6. The zero-order chi connectivity index (χ0) is 18.4. The molecule has 9 heteroatoms. The smallest absolute Gasteiger partial charge is 0.328 e. The molecule has 0 aliphatic carbocycles. The fourth-order valence-electron chi connectivity index (χ4n) is 2.10. The average Bonchev–Trinajstić information content (AvgIpc) is 2.56. The average molecular weight is 346 g/mol. The van der Waals surface area contributed by atoms with Crippen LogP contribution in [0.1, 0.15) is 23.7 Å². The van der Waals surface area contributed by atoms with Gasteiger partial charge in [0.05, 0.1) is 6.61 Å². The minimum atomic E-state index is -0.950. The molecule has 0 aliphatic rings. The van der Waals surface area contributed by atoms with E-state index in [1.54, 1.807) is 24.3 Å². The number of carbonyl (C=O) groups is 2. The van der Waals surface area contributed by atoms with E-state index in [1.165, 1.54) is 0 Å². The van der Waals surface area contributed by atoms with Gasteiger partial charge in [-0.25, -0.2) is 4.79 Å². The monoisotopic (exact) mass is 346 g/mol. The summed E-state index contributed by atoms with van der Waals surface area (Å²) in [6.07, 6.45) is 1.02. The number of aromatic amines is 1. The second-order valence-corrected chi connectivity index (χ2v) is 5.12. The Balaban J connectivity index is 2.00. The first-order valence-corrected chi connectivity index (χ1v) is 7.57. The molecule has 0 saturated carbocycles. The van der Waals surface area contributed by atoms with E-state index in [9.17, 15) is 19.2 Å². The Morgan fingerprint density at radius 1 is 1.24 bits per heavy atom. The lowest BCUT2D eigenvalue weighted by Gasteiger charge is -2.08. The molecule has 0 atom stereocenters. The fraction of sp³-hybridized carbons (Fsp3) is 0.250. The van der Waals surface area contributed by atoms with Crippen molar-refractivity contribution in [3.05, 3.63) is 56.9 Å². The molecule has 0 unspecified atom stereocenters. The van der Waals surface area contributed by atoms with Gasteiger partial charge < -0.3 is 15.8 Å². The summed E-state index contributed by atoms with van der Waals surface area (Å²) in [6, 6.07) is 6.84. The molecule has 0 saturated heterocycles. The van der Waals surface area contributed by atoms with Crippen molar-refractivity contribution in [1.82, 2.24) is 9.55 Å². The number of nitrogens with zero attached hydrogens (tertiary/aromatic N) is 1. The molecule has 9 nitrogen and oxygen atoms in total. The van der Waals surface area contributed by atoms with Gasteiger partial charge in [0.1, 0.15) is 11.3 Å². The van der Waals surface area contributed by atoms with Crippen LogP contribution in [0, 0.1) is 0 Å². The van der Waals surface area contributed by atoms with E-state index in [-0.39, 0.29) is 24.4 Å². The number of primary amides is 1. The number of anilines is 1. The maximum absolute atomic E-state index is 12.0. The molecule has 1 aromatic carbocycles. The Labute approximate surface area is 142 Å². The summed E-state index contributed by atoms with van der Waals surface area (Å²) in [7, 11) is 0. The number of H-pyrrole nitrogens is 1. The molecule has 0 fully saturated rings. The number of benzene rings is 1. The molecule has 0 bridgehead atoms. The van der Waals surface area contributed by atoms with Gasteiger partial charge >= 0.3 is 5.69 Å². The van der Waals surface area contributed by atoms with Gasteiger partial charge in [-0.3, -0.25) is 23.9 Å². The van der Waals surface area contributed by atoms with Crippen LogP contribution >= 0.6 is 0 Å². The summed E-state index contributed by atoms with van der Waals surface area (Å²) in [5, 5.41) is 2.68. The van der Waals surface area contributed by atoms with Crippen molar-refractivity contribution in [2.45, 2.75) is 19.9 Å². The van der Waals surface area contributed by atoms with Crippen molar-refractivity contribution in [2.75, 3.05) is 11.9 Å². The molecule has 0 spiro atoms. The van der Waals surface area contributed by atoms with Crippen LogP contribution in [-0.4, -0.2) is 28.0 Å². The Bertz CT molecular complexity index is 883. The molecule has 2 rings (SSSR count). The summed E-state index contributed by atoms with van der Waals surface area (Å²) in [6.45, 7) is 2.41. The maximum Gasteiger partial charge on any atom is 0.328 e. The van der Waals surface area contributed by atoms with Crippen molar-refractivity contribution in [2.24, 2.45) is 5.73 Å². The van der Waals surface area contributed by atoms with E-state index < -0.39 is 17.2 Å². The third-order valence-electron chi connectivity index (χ3n) is 3.31. The third kappa shape index (κ3) is 4.80.